The van der Waals surface area contributed by atoms with Crippen LogP contribution in [-0.4, -0.2) is 38.1 Å². The second-order valence-electron chi connectivity index (χ2n) is 8.88. The number of hydrogen-bond donors (Lipinski definition) is 2. The Morgan fingerprint density at radius 1 is 1.09 bits per heavy atom. The first-order chi connectivity index (χ1) is 17.0. The van der Waals surface area contributed by atoms with Gasteiger partial charge in [0.1, 0.15) is 11.0 Å². The van der Waals surface area contributed by atoms with Crippen molar-refractivity contribution in [2.45, 2.75) is 31.9 Å². The van der Waals surface area contributed by atoms with E-state index >= 15 is 0 Å². The number of aryl methyl sites for hydroxylation is 1. The molecular formula is C27H23N5O2S. The number of nitrogens with zero attached hydrogens (tertiary/aromatic N) is 3. The summed E-state index contributed by atoms with van der Waals surface area (Å²) in [5.74, 6) is -0.287. The van der Waals surface area contributed by atoms with Gasteiger partial charge in [0.2, 0.25) is 0 Å². The van der Waals surface area contributed by atoms with Crippen LogP contribution < -0.4 is 5.73 Å². The Bertz CT molecular complexity index is 1550. The van der Waals surface area contributed by atoms with Gasteiger partial charge in [-0.25, -0.2) is 9.78 Å². The van der Waals surface area contributed by atoms with Crippen LogP contribution in [-0.2, 0) is 4.74 Å². The van der Waals surface area contributed by atoms with Crippen molar-refractivity contribution in [2.24, 2.45) is 5.73 Å². The predicted octanol–water partition coefficient (Wildman–Crippen LogP) is 5.37. The quantitative estimate of drug-likeness (QED) is 0.327. The van der Waals surface area contributed by atoms with Crippen LogP contribution in [0.5, 0.6) is 0 Å². The maximum atomic E-state index is 12.5. The summed E-state index contributed by atoms with van der Waals surface area (Å²) in [5.41, 5.74) is 13.1. The fourth-order valence-electron chi connectivity index (χ4n) is 4.33. The number of imidazole rings is 1. The number of thiophene rings is 1. The van der Waals surface area contributed by atoms with E-state index < -0.39 is 0 Å². The lowest BCUT2D eigenvalue weighted by Gasteiger charge is -2.31. The molecule has 0 unspecified atom stereocenters. The second-order valence-corrected chi connectivity index (χ2v) is 9.79. The molecule has 3 N–H and O–H groups in total. The van der Waals surface area contributed by atoms with Crippen LogP contribution >= 0.6 is 11.3 Å². The Kier molecular flexibility index (Phi) is 5.39. The van der Waals surface area contributed by atoms with Gasteiger partial charge in [-0.1, -0.05) is 12.1 Å². The number of hydrogen-bond acceptors (Lipinski definition) is 7. The van der Waals surface area contributed by atoms with Gasteiger partial charge in [0, 0.05) is 34.4 Å². The Hall–Kier alpha value is -3.88. The molecule has 8 heteroatoms. The van der Waals surface area contributed by atoms with Gasteiger partial charge in [0.15, 0.2) is 0 Å². The average Bonchev–Trinajstić information content (AvgIpc) is 3.53. The van der Waals surface area contributed by atoms with Gasteiger partial charge in [-0.3, -0.25) is 9.97 Å². The number of pyridine rings is 2. The summed E-state index contributed by atoms with van der Waals surface area (Å²) in [6, 6.07) is 16.1. The maximum Gasteiger partial charge on any atom is 0.348 e. The first kappa shape index (κ1) is 21.6. The van der Waals surface area contributed by atoms with E-state index in [9.17, 15) is 4.79 Å². The minimum atomic E-state index is -0.287. The van der Waals surface area contributed by atoms with Crippen molar-refractivity contribution in [3.05, 3.63) is 77.0 Å². The van der Waals surface area contributed by atoms with E-state index in [0.29, 0.717) is 4.88 Å². The summed E-state index contributed by atoms with van der Waals surface area (Å²) < 4.78 is 5.54. The molecule has 1 saturated carbocycles. The highest BCUT2D eigenvalue weighted by Crippen LogP contribution is 2.33. The van der Waals surface area contributed by atoms with Crippen LogP contribution in [0.3, 0.4) is 0 Å². The highest BCUT2D eigenvalue weighted by Gasteiger charge is 2.30. The summed E-state index contributed by atoms with van der Waals surface area (Å²) in [4.78, 5) is 30.1. The van der Waals surface area contributed by atoms with Crippen molar-refractivity contribution in [3.8, 4) is 33.8 Å². The molecule has 1 aliphatic carbocycles. The number of carbonyl (C=O) groups is 1. The zero-order chi connectivity index (χ0) is 23.9. The smallest absolute Gasteiger partial charge is 0.348 e. The van der Waals surface area contributed by atoms with Crippen molar-refractivity contribution in [1.29, 1.82) is 0 Å². The number of aromatic nitrogens is 4. The van der Waals surface area contributed by atoms with E-state index in [4.69, 9.17) is 10.5 Å². The highest BCUT2D eigenvalue weighted by molar-refractivity contribution is 7.12. The average molecular weight is 482 g/mol. The van der Waals surface area contributed by atoms with Gasteiger partial charge >= 0.3 is 5.97 Å². The summed E-state index contributed by atoms with van der Waals surface area (Å²) in [6.45, 7) is 1.97. The number of carbonyl (C=O) groups excluding carboxylic acids is 1. The zero-order valence-corrected chi connectivity index (χ0v) is 19.9. The molecular weight excluding hydrogens is 458 g/mol. The Balaban J connectivity index is 1.30. The molecule has 0 amide bonds. The van der Waals surface area contributed by atoms with E-state index in [1.165, 1.54) is 11.3 Å². The topological polar surface area (TPSA) is 107 Å². The molecule has 5 aromatic rings. The number of ether oxygens (including phenoxy) is 1. The molecule has 35 heavy (non-hydrogen) atoms. The molecule has 0 spiro atoms. The number of nitrogens with one attached hydrogen (secondary N) is 1. The summed E-state index contributed by atoms with van der Waals surface area (Å²) in [5, 5.41) is 2.95. The molecule has 1 aromatic carbocycles. The molecule has 6 rings (SSSR count). The standard InChI is InChI=1S/C27H23N5O2S/c1-15-3-2-4-23(32-15)26-25(30-14-31-26)16-5-6-22-17(7-16)8-18(12-29-22)19-9-24(35-13-19)27(33)34-21-10-20(28)11-21/h2-9,12-14,20-21H,10-11,28H2,1H3,(H,30,31)/t20-,21+. The fraction of sp³-hybridized carbons (Fsp3) is 0.185. The second kappa shape index (κ2) is 8.72. The van der Waals surface area contributed by atoms with Crippen molar-refractivity contribution in [3.63, 3.8) is 0 Å². The highest BCUT2D eigenvalue weighted by atomic mass is 32.1. The molecule has 4 heterocycles. The lowest BCUT2D eigenvalue weighted by Crippen LogP contribution is -2.42. The lowest BCUT2D eigenvalue weighted by atomic mass is 9.90. The van der Waals surface area contributed by atoms with Crippen LogP contribution in [0.4, 0.5) is 0 Å². The van der Waals surface area contributed by atoms with Crippen molar-refractivity contribution in [2.75, 3.05) is 0 Å². The first-order valence-corrected chi connectivity index (χ1v) is 12.3. The molecule has 0 aliphatic heterocycles. The van der Waals surface area contributed by atoms with Gasteiger partial charge in [-0.15, -0.1) is 11.3 Å². The Morgan fingerprint density at radius 3 is 2.77 bits per heavy atom. The third-order valence-electron chi connectivity index (χ3n) is 6.28. The number of nitrogens with two attached hydrogens (primary N) is 1. The lowest BCUT2D eigenvalue weighted by molar-refractivity contribution is 0.00375. The molecule has 1 fully saturated rings. The molecule has 4 aromatic heterocycles. The fourth-order valence-corrected chi connectivity index (χ4v) is 5.13. The van der Waals surface area contributed by atoms with E-state index in [-0.39, 0.29) is 18.1 Å². The van der Waals surface area contributed by atoms with Gasteiger partial charge in [0.25, 0.3) is 0 Å². The first-order valence-electron chi connectivity index (χ1n) is 11.5. The molecule has 0 bridgehead atoms. The monoisotopic (exact) mass is 481 g/mol. The van der Waals surface area contributed by atoms with E-state index in [1.807, 2.05) is 54.9 Å². The maximum absolute atomic E-state index is 12.5. The number of esters is 1. The minimum Gasteiger partial charge on any atom is -0.458 e. The van der Waals surface area contributed by atoms with Gasteiger partial charge in [-0.05, 0) is 67.1 Å². The minimum absolute atomic E-state index is 0.0641. The molecule has 174 valence electrons. The normalized spacial score (nSPS) is 17.3. The molecule has 0 radical (unpaired) electrons. The van der Waals surface area contributed by atoms with E-state index in [1.54, 1.807) is 6.33 Å². The van der Waals surface area contributed by atoms with Gasteiger partial charge in [0.05, 0.1) is 28.9 Å². The Labute approximate surface area is 206 Å². The molecule has 1 aliphatic rings. The van der Waals surface area contributed by atoms with Crippen molar-refractivity contribution < 1.29 is 9.53 Å². The number of fused-ring (bicyclic) bond motifs is 1. The van der Waals surface area contributed by atoms with Crippen molar-refractivity contribution >= 4 is 28.2 Å². The molecule has 0 saturated heterocycles. The van der Waals surface area contributed by atoms with Crippen LogP contribution in [0.2, 0.25) is 0 Å². The predicted molar refractivity (Wildman–Crippen MR) is 137 cm³/mol. The summed E-state index contributed by atoms with van der Waals surface area (Å²) in [6.07, 6.45) is 4.93. The molecule has 0 atom stereocenters. The van der Waals surface area contributed by atoms with Crippen LogP contribution in [0, 0.1) is 6.92 Å². The van der Waals surface area contributed by atoms with Gasteiger partial charge in [-0.2, -0.15) is 0 Å². The molecule has 7 nitrogen and oxygen atoms in total. The number of benzene rings is 1. The van der Waals surface area contributed by atoms with Crippen LogP contribution in [0.1, 0.15) is 28.2 Å². The number of H-pyrrole nitrogens is 1. The van der Waals surface area contributed by atoms with E-state index in [2.05, 4.69) is 32.1 Å². The van der Waals surface area contributed by atoms with Crippen molar-refractivity contribution in [1.82, 2.24) is 19.9 Å². The largest absolute Gasteiger partial charge is 0.458 e. The summed E-state index contributed by atoms with van der Waals surface area (Å²) >= 11 is 1.38. The third-order valence-corrected chi connectivity index (χ3v) is 7.19. The van der Waals surface area contributed by atoms with Crippen LogP contribution in [0.15, 0.2) is 66.4 Å². The SMILES string of the molecule is Cc1cccc(-c2[nH]cnc2-c2ccc3ncc(-c4csc(C(=O)O[C@H]5C[C@@H](N)C5)c4)cc3c2)n1. The Morgan fingerprint density at radius 2 is 1.94 bits per heavy atom. The number of rotatable bonds is 5. The zero-order valence-electron chi connectivity index (χ0n) is 19.1. The third kappa shape index (κ3) is 4.22. The van der Waals surface area contributed by atoms with E-state index in [0.717, 1.165) is 63.2 Å². The summed E-state index contributed by atoms with van der Waals surface area (Å²) in [7, 11) is 0. The van der Waals surface area contributed by atoms with Gasteiger partial charge < -0.3 is 15.5 Å². The van der Waals surface area contributed by atoms with Crippen LogP contribution in [0.25, 0.3) is 44.7 Å². The number of aromatic amines is 1.